The molecule has 2 aromatic carbocycles. The zero-order chi connectivity index (χ0) is 25.8. The highest BCUT2D eigenvalue weighted by Crippen LogP contribution is 2.29. The number of benzene rings is 2. The Labute approximate surface area is 204 Å². The molecule has 1 aliphatic heterocycles. The fourth-order valence-electron chi connectivity index (χ4n) is 3.30. The normalized spacial score (nSPS) is 15.2. The van der Waals surface area contributed by atoms with Crippen LogP contribution in [0.2, 0.25) is 0 Å². The van der Waals surface area contributed by atoms with E-state index in [2.05, 4.69) is 36.0 Å². The van der Waals surface area contributed by atoms with Crippen molar-refractivity contribution in [3.05, 3.63) is 65.9 Å². The third-order valence-corrected chi connectivity index (χ3v) is 6.57. The van der Waals surface area contributed by atoms with Gasteiger partial charge in [-0.3, -0.25) is 0 Å². The molecule has 0 spiro atoms. The van der Waals surface area contributed by atoms with Crippen molar-refractivity contribution in [2.75, 3.05) is 29.0 Å². The molecule has 14 heteroatoms. The van der Waals surface area contributed by atoms with Gasteiger partial charge in [0.05, 0.1) is 10.5 Å². The van der Waals surface area contributed by atoms with E-state index in [1.165, 1.54) is 18.3 Å². The Balaban J connectivity index is 1.45. The largest absolute Gasteiger partial charge is 0.416 e. The van der Waals surface area contributed by atoms with E-state index in [0.717, 1.165) is 24.3 Å². The van der Waals surface area contributed by atoms with Crippen LogP contribution in [0.25, 0.3) is 0 Å². The first-order chi connectivity index (χ1) is 17.1. The van der Waals surface area contributed by atoms with Gasteiger partial charge < -0.3 is 21.3 Å². The molecule has 3 aromatic rings. The standard InChI is InChI=1S/C22H22F3N7O3S/c23-22(24,25)15-5-7-16(8-6-15)31-21(33)28-13-14-12-27-20-30-17-3-1-4-18(11-17)36(34,35)29-10-2-9-26-19(14)32-20/h1,3-8,11-12,29H,2,9-10,13H2,(H2,28,31,33)(H2,26,27,30,32). The molecular weight excluding hydrogens is 499 g/mol. The Morgan fingerprint density at radius 2 is 1.86 bits per heavy atom. The predicted molar refractivity (Wildman–Crippen MR) is 127 cm³/mol. The van der Waals surface area contributed by atoms with Gasteiger partial charge in [0.25, 0.3) is 0 Å². The van der Waals surface area contributed by atoms with Crippen molar-refractivity contribution >= 4 is 39.2 Å². The van der Waals surface area contributed by atoms with Crippen LogP contribution in [0.15, 0.2) is 59.6 Å². The molecule has 0 fully saturated rings. The SMILES string of the molecule is O=C(NCc1cnc2nc1NCCCNS(=O)(=O)c1cccc(c1)N2)Nc1ccc(C(F)(F)F)cc1. The van der Waals surface area contributed by atoms with Gasteiger partial charge in [-0.15, -0.1) is 0 Å². The van der Waals surface area contributed by atoms with Gasteiger partial charge in [0.2, 0.25) is 16.0 Å². The third kappa shape index (κ3) is 6.40. The molecule has 2 amide bonds. The number of alkyl halides is 3. The summed E-state index contributed by atoms with van der Waals surface area (Å²) >= 11 is 0. The lowest BCUT2D eigenvalue weighted by molar-refractivity contribution is -0.137. The molecule has 0 aliphatic carbocycles. The lowest BCUT2D eigenvalue weighted by atomic mass is 10.2. The first-order valence-corrected chi connectivity index (χ1v) is 12.3. The van der Waals surface area contributed by atoms with Crippen LogP contribution >= 0.6 is 0 Å². The van der Waals surface area contributed by atoms with Gasteiger partial charge in [-0.2, -0.15) is 18.2 Å². The summed E-state index contributed by atoms with van der Waals surface area (Å²) in [7, 11) is -3.67. The maximum absolute atomic E-state index is 12.7. The second-order valence-electron chi connectivity index (χ2n) is 7.78. The zero-order valence-electron chi connectivity index (χ0n) is 18.7. The molecule has 5 N–H and O–H groups in total. The van der Waals surface area contributed by atoms with Crippen molar-refractivity contribution in [1.29, 1.82) is 0 Å². The van der Waals surface area contributed by atoms with Crippen LogP contribution in [0.3, 0.4) is 0 Å². The summed E-state index contributed by atoms with van der Waals surface area (Å²) < 4.78 is 65.6. The number of sulfonamides is 1. The number of amides is 2. The molecule has 190 valence electrons. The molecule has 4 rings (SSSR count). The molecule has 0 saturated heterocycles. The summed E-state index contributed by atoms with van der Waals surface area (Å²) in [6, 6.07) is 9.69. The van der Waals surface area contributed by atoms with Gasteiger partial charge in [-0.25, -0.2) is 22.9 Å². The van der Waals surface area contributed by atoms with Gasteiger partial charge in [-0.1, -0.05) is 6.07 Å². The number of carbonyl (C=O) groups is 1. The Bertz CT molecular complexity index is 1350. The quantitative estimate of drug-likeness (QED) is 0.355. The molecule has 0 saturated carbocycles. The van der Waals surface area contributed by atoms with Crippen LogP contribution in [0.4, 0.5) is 41.1 Å². The smallest absolute Gasteiger partial charge is 0.370 e. The fraction of sp³-hybridized carbons (Fsp3) is 0.227. The summed E-state index contributed by atoms with van der Waals surface area (Å²) in [5, 5.41) is 11.2. The molecule has 0 atom stereocenters. The van der Waals surface area contributed by atoms with Gasteiger partial charge in [0.15, 0.2) is 0 Å². The zero-order valence-corrected chi connectivity index (χ0v) is 19.5. The Morgan fingerprint density at radius 3 is 2.61 bits per heavy atom. The van der Waals surface area contributed by atoms with Crippen molar-refractivity contribution in [1.82, 2.24) is 20.0 Å². The molecule has 1 aromatic heterocycles. The summed E-state index contributed by atoms with van der Waals surface area (Å²) in [6.45, 7) is 0.618. The van der Waals surface area contributed by atoms with Crippen molar-refractivity contribution in [2.45, 2.75) is 24.0 Å². The molecule has 2 heterocycles. The van der Waals surface area contributed by atoms with E-state index in [0.29, 0.717) is 30.0 Å². The van der Waals surface area contributed by atoms with Gasteiger partial charge in [0.1, 0.15) is 5.82 Å². The van der Waals surface area contributed by atoms with Crippen LogP contribution in [0.1, 0.15) is 17.5 Å². The van der Waals surface area contributed by atoms with E-state index >= 15 is 0 Å². The number of nitrogens with one attached hydrogen (secondary N) is 5. The van der Waals surface area contributed by atoms with Crippen molar-refractivity contribution < 1.29 is 26.4 Å². The van der Waals surface area contributed by atoms with Crippen molar-refractivity contribution in [3.63, 3.8) is 0 Å². The third-order valence-electron chi connectivity index (χ3n) is 5.11. The van der Waals surface area contributed by atoms with Crippen LogP contribution in [-0.4, -0.2) is 37.5 Å². The second-order valence-corrected chi connectivity index (χ2v) is 9.55. The number of hydrogen-bond acceptors (Lipinski definition) is 7. The highest BCUT2D eigenvalue weighted by molar-refractivity contribution is 7.89. The summed E-state index contributed by atoms with van der Waals surface area (Å²) in [5.41, 5.74) is 0.409. The first-order valence-electron chi connectivity index (χ1n) is 10.8. The van der Waals surface area contributed by atoms with Gasteiger partial charge >= 0.3 is 12.2 Å². The number of halogens is 3. The van der Waals surface area contributed by atoms with Crippen molar-refractivity contribution in [3.8, 4) is 0 Å². The minimum absolute atomic E-state index is 0.0250. The van der Waals surface area contributed by atoms with E-state index in [1.807, 2.05) is 0 Å². The van der Waals surface area contributed by atoms with Crippen LogP contribution in [0.5, 0.6) is 0 Å². The molecule has 10 nitrogen and oxygen atoms in total. The summed E-state index contributed by atoms with van der Waals surface area (Å²) in [5.74, 6) is 0.651. The van der Waals surface area contributed by atoms with Crippen LogP contribution in [0, 0.1) is 0 Å². The van der Waals surface area contributed by atoms with Crippen molar-refractivity contribution in [2.24, 2.45) is 0 Å². The number of hydrogen-bond donors (Lipinski definition) is 5. The summed E-state index contributed by atoms with van der Waals surface area (Å²) in [4.78, 5) is 21.1. The number of nitrogens with zero attached hydrogens (tertiary/aromatic N) is 2. The second kappa shape index (κ2) is 10.4. The van der Waals surface area contributed by atoms with E-state index < -0.39 is 27.8 Å². The Hall–Kier alpha value is -3.91. The lowest BCUT2D eigenvalue weighted by Crippen LogP contribution is -2.29. The Kier molecular flexibility index (Phi) is 7.26. The molecule has 0 unspecified atom stereocenters. The number of carbonyl (C=O) groups excluding carboxylic acids is 1. The number of rotatable bonds is 3. The van der Waals surface area contributed by atoms with Crippen LogP contribution < -0.4 is 26.0 Å². The number of urea groups is 1. The van der Waals surface area contributed by atoms with E-state index in [-0.39, 0.29) is 29.6 Å². The Morgan fingerprint density at radius 1 is 1.08 bits per heavy atom. The fourth-order valence-corrected chi connectivity index (χ4v) is 4.42. The topological polar surface area (TPSA) is 137 Å². The molecule has 4 bridgehead atoms. The number of aromatic nitrogens is 2. The van der Waals surface area contributed by atoms with E-state index in [9.17, 15) is 26.4 Å². The molecular formula is C22H22F3N7O3S. The van der Waals surface area contributed by atoms with E-state index in [1.54, 1.807) is 12.1 Å². The molecule has 0 radical (unpaired) electrons. The minimum Gasteiger partial charge on any atom is -0.370 e. The average molecular weight is 522 g/mol. The number of fused-ring (bicyclic) bond motifs is 4. The number of anilines is 4. The van der Waals surface area contributed by atoms with Gasteiger partial charge in [-0.05, 0) is 48.9 Å². The minimum atomic E-state index is -4.46. The maximum atomic E-state index is 12.7. The maximum Gasteiger partial charge on any atom is 0.416 e. The molecule has 36 heavy (non-hydrogen) atoms. The molecule has 1 aliphatic rings. The first kappa shape index (κ1) is 25.2. The summed E-state index contributed by atoms with van der Waals surface area (Å²) in [6.07, 6.45) is -2.49. The lowest BCUT2D eigenvalue weighted by Gasteiger charge is -2.14. The van der Waals surface area contributed by atoms with E-state index in [4.69, 9.17) is 0 Å². The van der Waals surface area contributed by atoms with Gasteiger partial charge in [0, 0.05) is 42.8 Å². The highest BCUT2D eigenvalue weighted by Gasteiger charge is 2.30. The average Bonchev–Trinajstić information content (AvgIpc) is 2.83. The predicted octanol–water partition coefficient (Wildman–Crippen LogP) is 3.65. The van der Waals surface area contributed by atoms with Crippen LogP contribution in [-0.2, 0) is 22.7 Å². The highest BCUT2D eigenvalue weighted by atomic mass is 32.2. The monoisotopic (exact) mass is 521 g/mol.